The number of anilines is 1. The number of benzene rings is 1. The van der Waals surface area contributed by atoms with Crippen LogP contribution in [0.5, 0.6) is 5.75 Å². The quantitative estimate of drug-likeness (QED) is 0.444. The molecular weight excluding hydrogens is 418 g/mol. The minimum atomic E-state index is -0.0943. The van der Waals surface area contributed by atoms with Gasteiger partial charge in [0, 0.05) is 30.0 Å². The summed E-state index contributed by atoms with van der Waals surface area (Å²) in [7, 11) is 1.67. The summed E-state index contributed by atoms with van der Waals surface area (Å²) in [4.78, 5) is 11.3. The van der Waals surface area contributed by atoms with Gasteiger partial charge in [-0.25, -0.2) is 0 Å². The number of hydrogen-bond donors (Lipinski definition) is 1. The zero-order chi connectivity index (χ0) is 21.9. The zero-order valence-corrected chi connectivity index (χ0v) is 18.4. The van der Waals surface area contributed by atoms with Crippen LogP contribution in [-0.2, 0) is 6.54 Å². The van der Waals surface area contributed by atoms with Gasteiger partial charge in [0.05, 0.1) is 31.1 Å². The average Bonchev–Trinajstić information content (AvgIpc) is 3.44. The van der Waals surface area contributed by atoms with Gasteiger partial charge in [0.2, 0.25) is 0 Å². The maximum absolute atomic E-state index is 5.82. The highest BCUT2D eigenvalue weighted by Gasteiger charge is 2.42. The Bertz CT molecular complexity index is 1190. The van der Waals surface area contributed by atoms with Crippen molar-refractivity contribution in [2.24, 2.45) is 0 Å². The minimum absolute atomic E-state index is 0.0792. The molecule has 1 aliphatic heterocycles. The fourth-order valence-corrected chi connectivity index (χ4v) is 4.53. The van der Waals surface area contributed by atoms with Crippen LogP contribution in [-0.4, -0.2) is 26.8 Å². The third-order valence-corrected chi connectivity index (χ3v) is 5.99. The zero-order valence-electron chi connectivity index (χ0n) is 17.6. The van der Waals surface area contributed by atoms with E-state index in [0.29, 0.717) is 11.7 Å². The van der Waals surface area contributed by atoms with Crippen molar-refractivity contribution in [3.63, 3.8) is 0 Å². The molecule has 1 aromatic carbocycles. The first-order valence-corrected chi connectivity index (χ1v) is 10.8. The van der Waals surface area contributed by atoms with E-state index in [0.717, 1.165) is 28.5 Å². The number of ether oxygens (including phenoxy) is 1. The van der Waals surface area contributed by atoms with E-state index in [2.05, 4.69) is 43.1 Å². The smallest absolute Gasteiger partial charge is 0.174 e. The van der Waals surface area contributed by atoms with Crippen LogP contribution in [0.1, 0.15) is 29.2 Å². The molecule has 160 valence electrons. The molecule has 0 amide bonds. The van der Waals surface area contributed by atoms with Gasteiger partial charge in [0.1, 0.15) is 11.8 Å². The van der Waals surface area contributed by atoms with Gasteiger partial charge in [-0.05, 0) is 72.9 Å². The summed E-state index contributed by atoms with van der Waals surface area (Å²) < 4.78 is 7.58. The monoisotopic (exact) mass is 441 g/mol. The topological polar surface area (TPSA) is 55.2 Å². The molecular formula is C25H23N5OS. The molecule has 3 aromatic heterocycles. The highest BCUT2D eigenvalue weighted by Crippen LogP contribution is 2.42. The molecule has 4 aromatic rings. The van der Waals surface area contributed by atoms with Crippen molar-refractivity contribution < 1.29 is 4.74 Å². The van der Waals surface area contributed by atoms with Crippen LogP contribution in [0.2, 0.25) is 0 Å². The molecule has 0 unspecified atom stereocenters. The Morgan fingerprint density at radius 3 is 2.41 bits per heavy atom. The van der Waals surface area contributed by atoms with Crippen molar-refractivity contribution in [2.75, 3.05) is 12.0 Å². The molecule has 0 spiro atoms. The maximum Gasteiger partial charge on any atom is 0.174 e. The Morgan fingerprint density at radius 2 is 1.72 bits per heavy atom. The first-order chi connectivity index (χ1) is 15.7. The molecule has 0 radical (unpaired) electrons. The lowest BCUT2D eigenvalue weighted by Gasteiger charge is -2.29. The minimum Gasteiger partial charge on any atom is -0.497 e. The van der Waals surface area contributed by atoms with Crippen molar-refractivity contribution in [3.05, 3.63) is 108 Å². The highest BCUT2D eigenvalue weighted by molar-refractivity contribution is 7.80. The molecule has 0 saturated carbocycles. The van der Waals surface area contributed by atoms with Gasteiger partial charge in [0.15, 0.2) is 5.11 Å². The van der Waals surface area contributed by atoms with E-state index in [9.17, 15) is 0 Å². The lowest BCUT2D eigenvalue weighted by molar-refractivity contribution is 0.415. The highest BCUT2D eigenvalue weighted by atomic mass is 32.1. The van der Waals surface area contributed by atoms with Gasteiger partial charge in [-0.2, -0.15) is 0 Å². The molecule has 1 saturated heterocycles. The van der Waals surface area contributed by atoms with Gasteiger partial charge in [-0.15, -0.1) is 0 Å². The third-order valence-electron chi connectivity index (χ3n) is 5.67. The van der Waals surface area contributed by atoms with Gasteiger partial charge >= 0.3 is 0 Å². The number of methoxy groups -OCH3 is 1. The Kier molecular flexibility index (Phi) is 5.56. The van der Waals surface area contributed by atoms with Crippen LogP contribution in [0.4, 0.5) is 5.69 Å². The second-order valence-electron chi connectivity index (χ2n) is 7.58. The molecule has 2 atom stereocenters. The Labute approximate surface area is 192 Å². The summed E-state index contributed by atoms with van der Waals surface area (Å²) in [6, 6.07) is 24.0. The van der Waals surface area contributed by atoms with Crippen LogP contribution in [0.3, 0.4) is 0 Å². The predicted molar refractivity (Wildman–Crippen MR) is 129 cm³/mol. The second kappa shape index (κ2) is 8.80. The van der Waals surface area contributed by atoms with Crippen molar-refractivity contribution in [1.29, 1.82) is 0 Å². The normalized spacial score (nSPS) is 17.9. The molecule has 6 nitrogen and oxygen atoms in total. The van der Waals surface area contributed by atoms with E-state index in [4.69, 9.17) is 17.0 Å². The van der Waals surface area contributed by atoms with Crippen LogP contribution >= 0.6 is 12.2 Å². The molecule has 1 N–H and O–H groups in total. The van der Waals surface area contributed by atoms with Gasteiger partial charge < -0.3 is 19.5 Å². The standard InChI is InChI=1S/C25H23N5OS/c1-31-20-12-10-19(11-13-20)30-24(23(28-25(30)32)21-8-3-5-15-27-21)22-9-6-16-29(22)17-18-7-2-4-14-26-18/h2-16,23-24H,17H2,1H3,(H,28,32)/t23-,24+/m0/s1. The molecule has 5 rings (SSSR count). The first kappa shape index (κ1) is 20.2. The SMILES string of the molecule is COc1ccc(N2C(=S)N[C@@H](c3ccccn3)[C@H]2c2cccn2Cc2ccccn2)cc1. The number of nitrogens with zero attached hydrogens (tertiary/aromatic N) is 4. The van der Waals surface area contributed by atoms with Crippen molar-refractivity contribution in [2.45, 2.75) is 18.6 Å². The summed E-state index contributed by atoms with van der Waals surface area (Å²) in [6.45, 7) is 0.678. The Hall–Kier alpha value is -3.71. The average molecular weight is 442 g/mol. The number of aromatic nitrogens is 3. The molecule has 7 heteroatoms. The number of hydrogen-bond acceptors (Lipinski definition) is 4. The molecule has 4 heterocycles. The molecule has 1 fully saturated rings. The van der Waals surface area contributed by atoms with Crippen LogP contribution in [0, 0.1) is 0 Å². The molecule has 1 aliphatic rings. The largest absolute Gasteiger partial charge is 0.497 e. The van der Waals surface area contributed by atoms with Gasteiger partial charge in [-0.3, -0.25) is 9.97 Å². The lowest BCUT2D eigenvalue weighted by Crippen LogP contribution is -2.30. The fourth-order valence-electron chi connectivity index (χ4n) is 4.18. The van der Waals surface area contributed by atoms with E-state index in [1.54, 1.807) is 7.11 Å². The third kappa shape index (κ3) is 3.83. The maximum atomic E-state index is 5.82. The van der Waals surface area contributed by atoms with Crippen LogP contribution < -0.4 is 15.0 Å². The van der Waals surface area contributed by atoms with Crippen molar-refractivity contribution in [3.8, 4) is 5.75 Å². The summed E-state index contributed by atoms with van der Waals surface area (Å²) in [5.74, 6) is 0.808. The number of rotatable bonds is 6. The number of pyridine rings is 2. The molecule has 32 heavy (non-hydrogen) atoms. The summed E-state index contributed by atoms with van der Waals surface area (Å²) in [6.07, 6.45) is 5.73. The van der Waals surface area contributed by atoms with Crippen LogP contribution in [0.25, 0.3) is 0 Å². The number of thiocarbonyl (C=S) groups is 1. The summed E-state index contributed by atoms with van der Waals surface area (Å²) >= 11 is 5.82. The van der Waals surface area contributed by atoms with E-state index >= 15 is 0 Å². The summed E-state index contributed by atoms with van der Waals surface area (Å²) in [5, 5.41) is 4.18. The van der Waals surface area contributed by atoms with E-state index in [1.165, 1.54) is 0 Å². The van der Waals surface area contributed by atoms with Crippen molar-refractivity contribution >= 4 is 23.0 Å². The van der Waals surface area contributed by atoms with E-state index in [-0.39, 0.29) is 12.1 Å². The Balaban J connectivity index is 1.59. The van der Waals surface area contributed by atoms with Crippen molar-refractivity contribution in [1.82, 2.24) is 19.9 Å². The van der Waals surface area contributed by atoms with Gasteiger partial charge in [-0.1, -0.05) is 12.1 Å². The second-order valence-corrected chi connectivity index (χ2v) is 7.96. The van der Waals surface area contributed by atoms with E-state index < -0.39 is 0 Å². The fraction of sp³-hybridized carbons (Fsp3) is 0.160. The lowest BCUT2D eigenvalue weighted by atomic mass is 10.0. The summed E-state index contributed by atoms with van der Waals surface area (Å²) in [5.41, 5.74) is 4.08. The van der Waals surface area contributed by atoms with Gasteiger partial charge in [0.25, 0.3) is 0 Å². The molecule has 0 aliphatic carbocycles. The van der Waals surface area contributed by atoms with E-state index in [1.807, 2.05) is 73.1 Å². The predicted octanol–water partition coefficient (Wildman–Crippen LogP) is 4.51. The molecule has 0 bridgehead atoms. The Morgan fingerprint density at radius 1 is 0.938 bits per heavy atom. The number of nitrogens with one attached hydrogen (secondary N) is 1. The van der Waals surface area contributed by atoms with Crippen LogP contribution in [0.15, 0.2) is 91.4 Å². The first-order valence-electron chi connectivity index (χ1n) is 10.4.